The molecule has 0 aliphatic rings. The molecule has 0 heterocycles. The summed E-state index contributed by atoms with van der Waals surface area (Å²) in [5, 5.41) is 18.6. The Balaban J connectivity index is 2.56. The molecule has 1 aromatic carbocycles. The van der Waals surface area contributed by atoms with Crippen molar-refractivity contribution in [2.45, 2.75) is 18.8 Å². The van der Waals surface area contributed by atoms with E-state index >= 15 is 0 Å². The van der Waals surface area contributed by atoms with E-state index in [1.807, 2.05) is 30.3 Å². The minimum atomic E-state index is -1.34. The van der Waals surface area contributed by atoms with Gasteiger partial charge in [-0.2, -0.15) is 0 Å². The molecule has 0 spiro atoms. The maximum Gasteiger partial charge on any atom is 0.151 e. The van der Waals surface area contributed by atoms with E-state index in [-0.39, 0.29) is 6.61 Å². The van der Waals surface area contributed by atoms with Crippen molar-refractivity contribution in [2.75, 3.05) is 6.61 Å². The van der Waals surface area contributed by atoms with Crippen molar-refractivity contribution >= 4 is 12.6 Å². The summed E-state index contributed by atoms with van der Waals surface area (Å²) in [6.45, 7) is -0.373. The Morgan fingerprint density at radius 2 is 1.83 bits per heavy atom. The summed E-state index contributed by atoms with van der Waals surface area (Å²) in [4.78, 5) is 21.4. The lowest BCUT2D eigenvalue weighted by Crippen LogP contribution is -2.39. The van der Waals surface area contributed by atoms with E-state index in [9.17, 15) is 14.7 Å². The molecule has 0 fully saturated rings. The Kier molecular flexibility index (Phi) is 6.21. The Morgan fingerprint density at radius 1 is 1.17 bits per heavy atom. The van der Waals surface area contributed by atoms with Crippen LogP contribution in [0.1, 0.15) is 5.56 Å². The van der Waals surface area contributed by atoms with Crippen LogP contribution in [-0.4, -0.2) is 41.6 Å². The first-order chi connectivity index (χ1) is 8.72. The molecule has 5 heteroatoms. The van der Waals surface area contributed by atoms with Crippen LogP contribution in [0, 0.1) is 5.92 Å². The molecule has 0 aliphatic heterocycles. The van der Waals surface area contributed by atoms with Crippen LogP contribution in [0.5, 0.6) is 0 Å². The zero-order chi connectivity index (χ0) is 13.4. The molecule has 0 amide bonds. The predicted molar refractivity (Wildman–Crippen MR) is 63.7 cm³/mol. The highest BCUT2D eigenvalue weighted by Crippen LogP contribution is 2.10. The van der Waals surface area contributed by atoms with Gasteiger partial charge in [-0.1, -0.05) is 30.3 Å². The third-order valence-corrected chi connectivity index (χ3v) is 2.58. The summed E-state index contributed by atoms with van der Waals surface area (Å²) >= 11 is 0. The van der Waals surface area contributed by atoms with Crippen molar-refractivity contribution in [3.05, 3.63) is 35.9 Å². The van der Waals surface area contributed by atoms with Gasteiger partial charge in [0.1, 0.15) is 12.4 Å². The second-order valence-corrected chi connectivity index (χ2v) is 3.87. The fraction of sp³-hybridized carbons (Fsp3) is 0.385. The second-order valence-electron chi connectivity index (χ2n) is 3.87. The fourth-order valence-electron chi connectivity index (χ4n) is 1.46. The minimum absolute atomic E-state index is 0.151. The summed E-state index contributed by atoms with van der Waals surface area (Å²) in [6, 6.07) is 9.14. The highest BCUT2D eigenvalue weighted by atomic mass is 16.5. The average Bonchev–Trinajstić information content (AvgIpc) is 2.42. The molecule has 2 N–H and O–H groups in total. The summed E-state index contributed by atoms with van der Waals surface area (Å²) in [5.74, 6) is -1.02. The number of rotatable bonds is 8. The van der Waals surface area contributed by atoms with Crippen molar-refractivity contribution in [3.63, 3.8) is 0 Å². The molecule has 98 valence electrons. The molecule has 1 unspecified atom stereocenters. The van der Waals surface area contributed by atoms with E-state index in [2.05, 4.69) is 0 Å². The number of carbonyl (C=O) groups is 2. The van der Waals surface area contributed by atoms with E-state index in [1.165, 1.54) is 0 Å². The number of carbonyl (C=O) groups excluding carboxylic acids is 2. The van der Waals surface area contributed by atoms with E-state index < -0.39 is 24.7 Å². The molecular weight excluding hydrogens is 236 g/mol. The lowest BCUT2D eigenvalue weighted by atomic mass is 10.0. The van der Waals surface area contributed by atoms with Gasteiger partial charge >= 0.3 is 0 Å². The number of hydrogen-bond acceptors (Lipinski definition) is 5. The Bertz CT molecular complexity index is 365. The fourth-order valence-corrected chi connectivity index (χ4v) is 1.46. The van der Waals surface area contributed by atoms with Crippen LogP contribution in [-0.2, 0) is 20.9 Å². The van der Waals surface area contributed by atoms with Crippen LogP contribution >= 0.6 is 0 Å². The minimum Gasteiger partial charge on any atom is -0.396 e. The van der Waals surface area contributed by atoms with Crippen LogP contribution in [0.25, 0.3) is 0 Å². The van der Waals surface area contributed by atoms with Gasteiger partial charge in [0.25, 0.3) is 0 Å². The maximum absolute atomic E-state index is 10.8. The van der Waals surface area contributed by atoms with Crippen LogP contribution < -0.4 is 0 Å². The van der Waals surface area contributed by atoms with Gasteiger partial charge < -0.3 is 24.5 Å². The quantitative estimate of drug-likeness (QED) is 0.633. The molecule has 0 saturated heterocycles. The topological polar surface area (TPSA) is 83.8 Å². The highest BCUT2D eigenvalue weighted by molar-refractivity contribution is 5.61. The van der Waals surface area contributed by atoms with Crippen molar-refractivity contribution < 1.29 is 24.5 Å². The molecule has 18 heavy (non-hydrogen) atoms. The van der Waals surface area contributed by atoms with Gasteiger partial charge in [-0.3, -0.25) is 0 Å². The Labute approximate surface area is 105 Å². The van der Waals surface area contributed by atoms with E-state index in [4.69, 9.17) is 9.84 Å². The SMILES string of the molecule is O=CC(CO)[C@@H](O)[C@H](C=O)OCc1ccccc1. The van der Waals surface area contributed by atoms with Gasteiger partial charge in [-0.15, -0.1) is 0 Å². The third-order valence-electron chi connectivity index (χ3n) is 2.58. The smallest absolute Gasteiger partial charge is 0.151 e. The first kappa shape index (κ1) is 14.5. The summed E-state index contributed by atoms with van der Waals surface area (Å²) in [6.07, 6.45) is -1.63. The van der Waals surface area contributed by atoms with Gasteiger partial charge in [0.15, 0.2) is 6.29 Å². The Hall–Kier alpha value is -1.56. The number of ether oxygens (including phenoxy) is 1. The maximum atomic E-state index is 10.8. The van der Waals surface area contributed by atoms with E-state index in [0.29, 0.717) is 12.6 Å². The zero-order valence-electron chi connectivity index (χ0n) is 9.81. The summed E-state index contributed by atoms with van der Waals surface area (Å²) in [7, 11) is 0. The standard InChI is InChI=1S/C13H16O5/c14-6-11(7-15)13(17)12(8-16)18-9-10-4-2-1-3-5-10/h1-6,8,11-13,15,17H,7,9H2/t11?,12-,13+/m0/s1. The lowest BCUT2D eigenvalue weighted by molar-refractivity contribution is -0.135. The molecule has 5 nitrogen and oxygen atoms in total. The summed E-state index contributed by atoms with van der Waals surface area (Å²) < 4.78 is 5.24. The van der Waals surface area contributed by atoms with Gasteiger partial charge in [0, 0.05) is 0 Å². The monoisotopic (exact) mass is 252 g/mol. The molecule has 3 atom stereocenters. The molecule has 0 bridgehead atoms. The van der Waals surface area contributed by atoms with E-state index in [0.717, 1.165) is 5.56 Å². The lowest BCUT2D eigenvalue weighted by Gasteiger charge is -2.21. The predicted octanol–water partition coefficient (Wildman–Crippen LogP) is -0.0610. The van der Waals surface area contributed by atoms with Crippen LogP contribution in [0.3, 0.4) is 0 Å². The van der Waals surface area contributed by atoms with Crippen LogP contribution in [0.4, 0.5) is 0 Å². The van der Waals surface area contributed by atoms with Crippen LogP contribution in [0.2, 0.25) is 0 Å². The van der Waals surface area contributed by atoms with Crippen molar-refractivity contribution in [2.24, 2.45) is 5.92 Å². The van der Waals surface area contributed by atoms with Crippen LogP contribution in [0.15, 0.2) is 30.3 Å². The normalized spacial score (nSPS) is 15.7. The number of benzene rings is 1. The molecule has 0 saturated carbocycles. The van der Waals surface area contributed by atoms with Gasteiger partial charge in [-0.25, -0.2) is 0 Å². The molecule has 0 aromatic heterocycles. The van der Waals surface area contributed by atoms with E-state index in [1.54, 1.807) is 0 Å². The summed E-state index contributed by atoms with van der Waals surface area (Å²) in [5.41, 5.74) is 0.850. The largest absolute Gasteiger partial charge is 0.396 e. The second kappa shape index (κ2) is 7.71. The average molecular weight is 252 g/mol. The first-order valence-electron chi connectivity index (χ1n) is 5.58. The molecule has 0 radical (unpaired) electrons. The molecule has 1 rings (SSSR count). The van der Waals surface area contributed by atoms with Crippen molar-refractivity contribution in [1.29, 1.82) is 0 Å². The van der Waals surface area contributed by atoms with Gasteiger partial charge in [-0.05, 0) is 5.56 Å². The highest BCUT2D eigenvalue weighted by Gasteiger charge is 2.27. The van der Waals surface area contributed by atoms with Gasteiger partial charge in [0.05, 0.1) is 25.2 Å². The molecule has 1 aromatic rings. The first-order valence-corrected chi connectivity index (χ1v) is 5.58. The third kappa shape index (κ3) is 4.03. The van der Waals surface area contributed by atoms with Crippen molar-refractivity contribution in [3.8, 4) is 0 Å². The number of aliphatic hydroxyl groups excluding tert-OH is 2. The number of aldehydes is 2. The molecule has 0 aliphatic carbocycles. The van der Waals surface area contributed by atoms with Gasteiger partial charge in [0.2, 0.25) is 0 Å². The van der Waals surface area contributed by atoms with Crippen molar-refractivity contribution in [1.82, 2.24) is 0 Å². The Morgan fingerprint density at radius 3 is 2.33 bits per heavy atom. The number of hydrogen-bond donors (Lipinski definition) is 2. The molecular formula is C13H16O5. The zero-order valence-corrected chi connectivity index (χ0v) is 9.81. The number of aliphatic hydroxyl groups is 2.